The Morgan fingerprint density at radius 3 is 2.56 bits per heavy atom. The van der Waals surface area contributed by atoms with Crippen molar-refractivity contribution in [2.24, 2.45) is 0 Å². The summed E-state index contributed by atoms with van der Waals surface area (Å²) in [5.74, 6) is 0.736. The highest BCUT2D eigenvalue weighted by Crippen LogP contribution is 2.30. The second-order valence-electron chi connectivity index (χ2n) is 5.42. The molecule has 4 nitrogen and oxygen atoms in total. The van der Waals surface area contributed by atoms with Crippen LogP contribution in [0.2, 0.25) is 0 Å². The SMILES string of the molecule is Br.COc1cccc(CN2Cc3cc(OC(F)(F)F)ccc3C2=N)c1. The van der Waals surface area contributed by atoms with Gasteiger partial charge in [0.2, 0.25) is 0 Å². The van der Waals surface area contributed by atoms with Gasteiger partial charge in [-0.1, -0.05) is 12.1 Å². The minimum atomic E-state index is -4.72. The second-order valence-corrected chi connectivity index (χ2v) is 5.42. The molecule has 0 amide bonds. The lowest BCUT2D eigenvalue weighted by atomic mass is 10.1. The first-order valence-corrected chi connectivity index (χ1v) is 7.21. The molecule has 0 unspecified atom stereocenters. The molecule has 0 aromatic heterocycles. The number of rotatable bonds is 4. The fourth-order valence-corrected chi connectivity index (χ4v) is 2.71. The van der Waals surface area contributed by atoms with Crippen LogP contribution in [0.3, 0.4) is 0 Å². The molecule has 0 saturated carbocycles. The van der Waals surface area contributed by atoms with Crippen molar-refractivity contribution in [3.63, 3.8) is 0 Å². The van der Waals surface area contributed by atoms with Gasteiger partial charge in [-0.3, -0.25) is 5.41 Å². The van der Waals surface area contributed by atoms with E-state index < -0.39 is 6.36 Å². The molecule has 0 aliphatic carbocycles. The van der Waals surface area contributed by atoms with E-state index in [2.05, 4.69) is 4.74 Å². The van der Waals surface area contributed by atoms with Gasteiger partial charge < -0.3 is 14.4 Å². The number of ether oxygens (including phenoxy) is 2. The van der Waals surface area contributed by atoms with Crippen LogP contribution in [0.25, 0.3) is 0 Å². The predicted molar refractivity (Wildman–Crippen MR) is 92.5 cm³/mol. The molecule has 1 N–H and O–H groups in total. The zero-order valence-electron chi connectivity index (χ0n) is 13.3. The third-order valence-electron chi connectivity index (χ3n) is 3.75. The fourth-order valence-electron chi connectivity index (χ4n) is 2.71. The molecule has 0 radical (unpaired) electrons. The van der Waals surface area contributed by atoms with Crippen LogP contribution in [0.15, 0.2) is 42.5 Å². The van der Waals surface area contributed by atoms with Crippen molar-refractivity contribution < 1.29 is 22.6 Å². The van der Waals surface area contributed by atoms with Gasteiger partial charge in [-0.2, -0.15) is 0 Å². The predicted octanol–water partition coefficient (Wildman–Crippen LogP) is 4.51. The first-order valence-electron chi connectivity index (χ1n) is 7.21. The molecule has 8 heteroatoms. The van der Waals surface area contributed by atoms with Gasteiger partial charge in [0.25, 0.3) is 0 Å². The highest BCUT2D eigenvalue weighted by Gasteiger charge is 2.32. The van der Waals surface area contributed by atoms with Crippen molar-refractivity contribution in [2.75, 3.05) is 7.11 Å². The van der Waals surface area contributed by atoms with Crippen LogP contribution in [0.4, 0.5) is 13.2 Å². The van der Waals surface area contributed by atoms with Crippen molar-refractivity contribution in [3.05, 3.63) is 59.2 Å². The van der Waals surface area contributed by atoms with Crippen LogP contribution in [-0.4, -0.2) is 24.2 Å². The summed E-state index contributed by atoms with van der Waals surface area (Å²) >= 11 is 0. The van der Waals surface area contributed by atoms with Gasteiger partial charge in [-0.25, -0.2) is 0 Å². The van der Waals surface area contributed by atoms with Gasteiger partial charge in [0, 0.05) is 18.7 Å². The summed E-state index contributed by atoms with van der Waals surface area (Å²) < 4.78 is 46.1. The van der Waals surface area contributed by atoms with Crippen molar-refractivity contribution in [2.45, 2.75) is 19.5 Å². The summed E-state index contributed by atoms with van der Waals surface area (Å²) in [7, 11) is 1.58. The zero-order chi connectivity index (χ0) is 17.3. The molecule has 2 aromatic carbocycles. The van der Waals surface area contributed by atoms with Crippen LogP contribution in [0.5, 0.6) is 11.5 Å². The summed E-state index contributed by atoms with van der Waals surface area (Å²) in [6.45, 7) is 0.834. The Morgan fingerprint density at radius 1 is 1.12 bits per heavy atom. The molecule has 2 aromatic rings. The van der Waals surface area contributed by atoms with E-state index in [4.69, 9.17) is 10.1 Å². The van der Waals surface area contributed by atoms with Gasteiger partial charge in [-0.15, -0.1) is 30.2 Å². The lowest BCUT2D eigenvalue weighted by molar-refractivity contribution is -0.274. The Labute approximate surface area is 153 Å². The summed E-state index contributed by atoms with van der Waals surface area (Å²) in [6.07, 6.45) is -4.72. The van der Waals surface area contributed by atoms with E-state index in [0.29, 0.717) is 24.2 Å². The number of halogens is 4. The number of nitrogens with one attached hydrogen (secondary N) is 1. The molecule has 134 valence electrons. The standard InChI is InChI=1S/C17H15F3N2O2.BrH/c1-23-13-4-2-3-11(7-13)9-22-10-12-8-14(24-17(18,19)20)5-6-15(12)16(22)21;/h2-8,21H,9-10H2,1H3;1H. The minimum Gasteiger partial charge on any atom is -0.497 e. The molecule has 3 rings (SSSR count). The Kier molecular flexibility index (Phi) is 5.62. The van der Waals surface area contributed by atoms with E-state index >= 15 is 0 Å². The number of fused-ring (bicyclic) bond motifs is 1. The number of methoxy groups -OCH3 is 1. The molecule has 0 bridgehead atoms. The van der Waals surface area contributed by atoms with Gasteiger partial charge in [-0.05, 0) is 41.5 Å². The van der Waals surface area contributed by atoms with E-state index in [1.165, 1.54) is 18.2 Å². The van der Waals surface area contributed by atoms with Crippen molar-refractivity contribution in [1.82, 2.24) is 4.90 Å². The smallest absolute Gasteiger partial charge is 0.497 e. The summed E-state index contributed by atoms with van der Waals surface area (Å²) in [5, 5.41) is 8.22. The van der Waals surface area contributed by atoms with Crippen LogP contribution in [0, 0.1) is 5.41 Å². The summed E-state index contributed by atoms with van der Waals surface area (Å²) in [4.78, 5) is 1.79. The summed E-state index contributed by atoms with van der Waals surface area (Å²) in [6, 6.07) is 11.5. The molecule has 1 heterocycles. The Hall–Kier alpha value is -2.22. The number of alkyl halides is 3. The average molecular weight is 417 g/mol. The van der Waals surface area contributed by atoms with Gasteiger partial charge in [0.15, 0.2) is 0 Å². The van der Waals surface area contributed by atoms with E-state index in [9.17, 15) is 13.2 Å². The van der Waals surface area contributed by atoms with Crippen molar-refractivity contribution in [1.29, 1.82) is 5.41 Å². The van der Waals surface area contributed by atoms with Gasteiger partial charge >= 0.3 is 6.36 Å². The normalized spacial score (nSPS) is 13.3. The lowest BCUT2D eigenvalue weighted by Gasteiger charge is -2.18. The molecule has 0 spiro atoms. The van der Waals surface area contributed by atoms with Crippen LogP contribution in [-0.2, 0) is 13.1 Å². The van der Waals surface area contributed by atoms with Gasteiger partial charge in [0.1, 0.15) is 17.3 Å². The molecule has 0 atom stereocenters. The second kappa shape index (κ2) is 7.35. The quantitative estimate of drug-likeness (QED) is 0.797. The van der Waals surface area contributed by atoms with Crippen molar-refractivity contribution >= 4 is 22.8 Å². The Morgan fingerprint density at radius 2 is 1.88 bits per heavy atom. The summed E-state index contributed by atoms with van der Waals surface area (Å²) in [5.41, 5.74) is 2.22. The maximum atomic E-state index is 12.3. The first kappa shape index (κ1) is 19.1. The lowest BCUT2D eigenvalue weighted by Crippen LogP contribution is -2.23. The van der Waals surface area contributed by atoms with Gasteiger partial charge in [0.05, 0.1) is 7.11 Å². The van der Waals surface area contributed by atoms with Crippen LogP contribution >= 0.6 is 17.0 Å². The van der Waals surface area contributed by atoms with E-state index in [1.807, 2.05) is 24.3 Å². The molecule has 0 saturated heterocycles. The van der Waals surface area contributed by atoms with Crippen LogP contribution in [0.1, 0.15) is 16.7 Å². The maximum Gasteiger partial charge on any atom is 0.573 e. The average Bonchev–Trinajstić information content (AvgIpc) is 2.81. The fraction of sp³-hybridized carbons (Fsp3) is 0.235. The van der Waals surface area contributed by atoms with Crippen LogP contribution < -0.4 is 9.47 Å². The molecule has 1 aliphatic heterocycles. The monoisotopic (exact) mass is 416 g/mol. The number of benzene rings is 2. The van der Waals surface area contributed by atoms with Crippen molar-refractivity contribution in [3.8, 4) is 11.5 Å². The zero-order valence-corrected chi connectivity index (χ0v) is 15.0. The number of amidine groups is 1. The largest absolute Gasteiger partial charge is 0.573 e. The van der Waals surface area contributed by atoms with E-state index in [1.54, 1.807) is 12.0 Å². The topological polar surface area (TPSA) is 45.6 Å². The number of nitrogens with zero attached hydrogens (tertiary/aromatic N) is 1. The highest BCUT2D eigenvalue weighted by molar-refractivity contribution is 8.93. The highest BCUT2D eigenvalue weighted by atomic mass is 79.9. The Balaban J connectivity index is 0.00000225. The Bertz CT molecular complexity index is 781. The third kappa shape index (κ3) is 4.45. The first-order chi connectivity index (χ1) is 11.4. The molecular formula is C17H16BrF3N2O2. The molecule has 25 heavy (non-hydrogen) atoms. The molecule has 1 aliphatic rings. The van der Waals surface area contributed by atoms with E-state index in [-0.39, 0.29) is 28.6 Å². The molecule has 0 fully saturated rings. The third-order valence-corrected chi connectivity index (χ3v) is 3.75. The van der Waals surface area contributed by atoms with E-state index in [0.717, 1.165) is 11.3 Å². The number of hydrogen-bond donors (Lipinski definition) is 1. The number of hydrogen-bond acceptors (Lipinski definition) is 3. The maximum absolute atomic E-state index is 12.3. The molecular weight excluding hydrogens is 401 g/mol. The minimum absolute atomic E-state index is 0.